The molecule has 0 N–H and O–H groups in total. The lowest BCUT2D eigenvalue weighted by Crippen LogP contribution is -2.50. The molecular weight excluding hydrogens is 538 g/mol. The van der Waals surface area contributed by atoms with Gasteiger partial charge in [-0.25, -0.2) is 19.5 Å². The number of amides is 2. The Bertz CT molecular complexity index is 1370. The van der Waals surface area contributed by atoms with Crippen LogP contribution in [0.2, 0.25) is 0 Å². The number of pyridine rings is 2. The number of carbonyl (C=O) groups is 2. The zero-order valence-electron chi connectivity index (χ0n) is 25.4. The molecule has 42 heavy (non-hydrogen) atoms. The van der Waals surface area contributed by atoms with Crippen molar-refractivity contribution in [3.05, 3.63) is 35.3 Å². The third-order valence-electron chi connectivity index (χ3n) is 7.66. The molecule has 11 nitrogen and oxygen atoms in total. The molecule has 3 fully saturated rings. The molecule has 2 saturated heterocycles. The molecule has 2 amide bonds. The number of ether oxygens (including phenoxy) is 4. The van der Waals surface area contributed by atoms with E-state index in [9.17, 15) is 9.59 Å². The first-order chi connectivity index (χ1) is 19.9. The van der Waals surface area contributed by atoms with Crippen LogP contribution in [0.4, 0.5) is 26.8 Å². The van der Waals surface area contributed by atoms with Crippen LogP contribution >= 0.6 is 0 Å². The van der Waals surface area contributed by atoms with Crippen molar-refractivity contribution < 1.29 is 28.5 Å². The topological polar surface area (TPSA) is 107 Å². The Balaban J connectivity index is 1.41. The average Bonchev–Trinajstić information content (AvgIpc) is 3.72. The van der Waals surface area contributed by atoms with Gasteiger partial charge in [-0.3, -0.25) is 4.98 Å². The number of rotatable bonds is 3. The van der Waals surface area contributed by atoms with Crippen molar-refractivity contribution in [1.29, 1.82) is 0 Å². The minimum absolute atomic E-state index is 0.0103. The van der Waals surface area contributed by atoms with Gasteiger partial charge in [0.1, 0.15) is 17.8 Å². The number of hydrogen-bond acceptors (Lipinski definition) is 9. The number of nitrogens with zero attached hydrogens (tertiary/aromatic N) is 5. The van der Waals surface area contributed by atoms with Gasteiger partial charge in [-0.2, -0.15) is 0 Å². The Labute approximate surface area is 247 Å². The molecule has 0 unspecified atom stereocenters. The lowest BCUT2D eigenvalue weighted by Gasteiger charge is -2.40. The van der Waals surface area contributed by atoms with Crippen LogP contribution in [0.15, 0.2) is 18.3 Å². The van der Waals surface area contributed by atoms with E-state index in [1.165, 1.54) is 0 Å². The second kappa shape index (κ2) is 10.6. The molecule has 0 atom stereocenters. The molecule has 4 aliphatic rings. The summed E-state index contributed by atoms with van der Waals surface area (Å²) in [5.41, 5.74) is 2.77. The van der Waals surface area contributed by atoms with Gasteiger partial charge >= 0.3 is 12.2 Å². The SMILES string of the molecule is CC(C)(C)OC(=O)N1CC(c2cc3c(c(C4CC4)n2)OCc2c(N4CCOCC4)ccnc2N3C(=O)OC(C)(C)C)C1. The van der Waals surface area contributed by atoms with Crippen LogP contribution in [0.1, 0.15) is 83.2 Å². The summed E-state index contributed by atoms with van der Waals surface area (Å²) in [6.45, 7) is 15.1. The number of likely N-dealkylation sites (tertiary alicyclic amines) is 1. The highest BCUT2D eigenvalue weighted by atomic mass is 16.6. The number of anilines is 3. The van der Waals surface area contributed by atoms with Gasteiger partial charge in [0, 0.05) is 55.6 Å². The Kier molecular flexibility index (Phi) is 7.19. The summed E-state index contributed by atoms with van der Waals surface area (Å²) >= 11 is 0. The third-order valence-corrected chi connectivity index (χ3v) is 7.66. The predicted octanol–water partition coefficient (Wildman–Crippen LogP) is 5.49. The maximum absolute atomic E-state index is 14.0. The van der Waals surface area contributed by atoms with E-state index in [2.05, 4.69) is 4.90 Å². The number of morpholine rings is 1. The molecule has 0 radical (unpaired) electrons. The van der Waals surface area contributed by atoms with Crippen molar-refractivity contribution in [2.75, 3.05) is 49.2 Å². The number of hydrogen-bond donors (Lipinski definition) is 0. The van der Waals surface area contributed by atoms with Gasteiger partial charge in [-0.15, -0.1) is 0 Å². The Morgan fingerprint density at radius 2 is 1.60 bits per heavy atom. The predicted molar refractivity (Wildman–Crippen MR) is 157 cm³/mol. The van der Waals surface area contributed by atoms with Crippen LogP contribution in [0.25, 0.3) is 0 Å². The van der Waals surface area contributed by atoms with Gasteiger partial charge in [-0.05, 0) is 66.5 Å². The minimum atomic E-state index is -0.719. The Hall–Kier alpha value is -3.60. The van der Waals surface area contributed by atoms with E-state index in [0.717, 1.165) is 48.6 Å². The Morgan fingerprint density at radius 1 is 0.929 bits per heavy atom. The van der Waals surface area contributed by atoms with Crippen molar-refractivity contribution >= 4 is 29.4 Å². The molecule has 3 aliphatic heterocycles. The van der Waals surface area contributed by atoms with Crippen LogP contribution in [-0.2, 0) is 20.8 Å². The molecule has 2 aromatic rings. The summed E-state index contributed by atoms with van der Waals surface area (Å²) in [5.74, 6) is 1.36. The molecule has 0 spiro atoms. The van der Waals surface area contributed by atoms with Crippen molar-refractivity contribution in [3.63, 3.8) is 0 Å². The first kappa shape index (κ1) is 28.5. The van der Waals surface area contributed by atoms with Crippen molar-refractivity contribution in [2.45, 2.75) is 84.0 Å². The number of fused-ring (bicyclic) bond motifs is 2. The summed E-state index contributed by atoms with van der Waals surface area (Å²) in [5, 5.41) is 0. The quantitative estimate of drug-likeness (QED) is 0.467. The highest BCUT2D eigenvalue weighted by molar-refractivity contribution is 5.99. The van der Waals surface area contributed by atoms with Crippen LogP contribution in [0.3, 0.4) is 0 Å². The molecule has 6 rings (SSSR count). The lowest BCUT2D eigenvalue weighted by atomic mass is 9.95. The second-order valence-corrected chi connectivity index (χ2v) is 13.5. The molecule has 226 valence electrons. The fourth-order valence-corrected chi connectivity index (χ4v) is 5.51. The van der Waals surface area contributed by atoms with Crippen molar-refractivity contribution in [2.24, 2.45) is 0 Å². The van der Waals surface area contributed by atoms with E-state index in [-0.39, 0.29) is 24.5 Å². The maximum Gasteiger partial charge on any atom is 0.420 e. The van der Waals surface area contributed by atoms with Gasteiger partial charge in [0.2, 0.25) is 0 Å². The van der Waals surface area contributed by atoms with Gasteiger partial charge in [-0.1, -0.05) is 0 Å². The van der Waals surface area contributed by atoms with E-state index < -0.39 is 17.3 Å². The first-order valence-electron chi connectivity index (χ1n) is 14.9. The lowest BCUT2D eigenvalue weighted by molar-refractivity contribution is 0.00784. The zero-order valence-corrected chi connectivity index (χ0v) is 25.4. The largest absolute Gasteiger partial charge is 0.485 e. The van der Waals surface area contributed by atoms with E-state index in [1.807, 2.05) is 53.7 Å². The van der Waals surface area contributed by atoms with Gasteiger partial charge < -0.3 is 28.7 Å². The van der Waals surface area contributed by atoms with Crippen LogP contribution < -0.4 is 14.5 Å². The summed E-state index contributed by atoms with van der Waals surface area (Å²) in [6, 6.07) is 3.89. The molecular formula is C31H41N5O6. The van der Waals surface area contributed by atoms with Crippen LogP contribution in [0.5, 0.6) is 5.75 Å². The van der Waals surface area contributed by atoms with Gasteiger partial charge in [0.05, 0.1) is 30.2 Å². The Morgan fingerprint density at radius 3 is 2.24 bits per heavy atom. The first-order valence-corrected chi connectivity index (χ1v) is 14.9. The zero-order chi connectivity index (χ0) is 29.8. The molecule has 1 saturated carbocycles. The van der Waals surface area contributed by atoms with E-state index in [1.54, 1.807) is 16.0 Å². The van der Waals surface area contributed by atoms with Crippen LogP contribution in [-0.4, -0.2) is 77.6 Å². The summed E-state index contributed by atoms with van der Waals surface area (Å²) < 4.78 is 23.7. The summed E-state index contributed by atoms with van der Waals surface area (Å²) in [4.78, 5) is 42.0. The molecule has 0 bridgehead atoms. The third kappa shape index (κ3) is 5.84. The number of carbonyl (C=O) groups excluding carboxylic acids is 2. The fourth-order valence-electron chi connectivity index (χ4n) is 5.51. The number of aromatic nitrogens is 2. The molecule has 11 heteroatoms. The van der Waals surface area contributed by atoms with Crippen molar-refractivity contribution in [3.8, 4) is 5.75 Å². The average molecular weight is 580 g/mol. The normalized spacial score (nSPS) is 19.2. The maximum atomic E-state index is 14.0. The highest BCUT2D eigenvalue weighted by Crippen LogP contribution is 2.51. The van der Waals surface area contributed by atoms with E-state index in [0.29, 0.717) is 43.6 Å². The van der Waals surface area contributed by atoms with E-state index in [4.69, 9.17) is 28.9 Å². The summed E-state index contributed by atoms with van der Waals surface area (Å²) in [7, 11) is 0. The molecule has 1 aliphatic carbocycles. The van der Waals surface area contributed by atoms with Crippen molar-refractivity contribution in [1.82, 2.24) is 14.9 Å². The highest BCUT2D eigenvalue weighted by Gasteiger charge is 2.41. The standard InChI is InChI=1S/C31H41N5O6/c1-30(2,3)41-28(37)35-16-20(17-35)22-15-24-26(25(33-22)19-7-8-19)40-18-21-23(34-11-13-39-14-12-34)9-10-32-27(21)36(24)29(38)42-31(4,5)6/h9-10,15,19-20H,7-8,11-14,16-18H2,1-6H3. The summed E-state index contributed by atoms with van der Waals surface area (Å²) in [6.07, 6.45) is 2.91. The second-order valence-electron chi connectivity index (χ2n) is 13.5. The monoisotopic (exact) mass is 579 g/mol. The fraction of sp³-hybridized carbons (Fsp3) is 0.613. The molecule has 2 aromatic heterocycles. The van der Waals surface area contributed by atoms with E-state index >= 15 is 0 Å². The smallest absolute Gasteiger partial charge is 0.420 e. The molecule has 0 aromatic carbocycles. The van der Waals surface area contributed by atoms with Gasteiger partial charge in [0.25, 0.3) is 0 Å². The van der Waals surface area contributed by atoms with Crippen LogP contribution in [0, 0.1) is 0 Å². The van der Waals surface area contributed by atoms with Gasteiger partial charge in [0.15, 0.2) is 11.6 Å². The molecule has 5 heterocycles. The minimum Gasteiger partial charge on any atom is -0.485 e.